The molecule has 0 saturated carbocycles. The van der Waals surface area contributed by atoms with Gasteiger partial charge in [-0.15, -0.1) is 0 Å². The Kier molecular flexibility index (Phi) is 2.55. The molecule has 2 N–H and O–H groups in total. The molecule has 0 spiro atoms. The third-order valence-electron chi connectivity index (χ3n) is 3.25. The van der Waals surface area contributed by atoms with Crippen LogP contribution in [0.4, 0.5) is 5.82 Å². The summed E-state index contributed by atoms with van der Waals surface area (Å²) in [5.74, 6) is 0.917. The first-order chi connectivity index (χ1) is 8.74. The highest BCUT2D eigenvalue weighted by molar-refractivity contribution is 5.83. The zero-order valence-electron chi connectivity index (χ0n) is 10.6. The van der Waals surface area contributed by atoms with Gasteiger partial charge in [0.15, 0.2) is 0 Å². The zero-order chi connectivity index (χ0) is 12.5. The standard InChI is InChI=1S/C14H16N4/c1-10-7-14(17-18(10)2)16-9-11-8-15-13-6-4-3-5-12(11)13/h3-8,15H,9H2,1-2H3,(H,16,17). The van der Waals surface area contributed by atoms with Crippen LogP contribution in [-0.2, 0) is 13.6 Å². The van der Waals surface area contributed by atoms with Crippen LogP contribution in [-0.4, -0.2) is 14.8 Å². The summed E-state index contributed by atoms with van der Waals surface area (Å²) in [5.41, 5.74) is 3.58. The Balaban J connectivity index is 1.81. The molecule has 0 fully saturated rings. The molecule has 4 heteroatoms. The molecule has 0 unspecified atom stereocenters. The average Bonchev–Trinajstić information content (AvgIpc) is 2.92. The Morgan fingerprint density at radius 1 is 1.33 bits per heavy atom. The number of fused-ring (bicyclic) bond motifs is 1. The minimum Gasteiger partial charge on any atom is -0.364 e. The summed E-state index contributed by atoms with van der Waals surface area (Å²) >= 11 is 0. The van der Waals surface area contributed by atoms with Crippen LogP contribution in [0.1, 0.15) is 11.3 Å². The van der Waals surface area contributed by atoms with Crippen LogP contribution in [0.2, 0.25) is 0 Å². The summed E-state index contributed by atoms with van der Waals surface area (Å²) in [6.07, 6.45) is 2.05. The number of nitrogens with zero attached hydrogens (tertiary/aromatic N) is 2. The van der Waals surface area contributed by atoms with Crippen LogP contribution < -0.4 is 5.32 Å². The fraction of sp³-hybridized carbons (Fsp3) is 0.214. The molecule has 0 aliphatic carbocycles. The lowest BCUT2D eigenvalue weighted by Crippen LogP contribution is -2.00. The number of benzene rings is 1. The van der Waals surface area contributed by atoms with Gasteiger partial charge in [0.1, 0.15) is 5.82 Å². The van der Waals surface area contributed by atoms with Crippen molar-refractivity contribution in [3.8, 4) is 0 Å². The molecule has 1 aromatic carbocycles. The summed E-state index contributed by atoms with van der Waals surface area (Å²) < 4.78 is 1.87. The average molecular weight is 240 g/mol. The number of hydrogen-bond donors (Lipinski definition) is 2. The topological polar surface area (TPSA) is 45.6 Å². The number of H-pyrrole nitrogens is 1. The molecule has 0 aliphatic rings. The van der Waals surface area contributed by atoms with E-state index in [2.05, 4.69) is 39.7 Å². The highest BCUT2D eigenvalue weighted by atomic mass is 15.3. The minimum absolute atomic E-state index is 0.778. The van der Waals surface area contributed by atoms with Crippen molar-refractivity contribution in [1.82, 2.24) is 14.8 Å². The Labute approximate surface area is 106 Å². The molecule has 0 bridgehead atoms. The van der Waals surface area contributed by atoms with E-state index in [-0.39, 0.29) is 0 Å². The van der Waals surface area contributed by atoms with E-state index in [1.165, 1.54) is 16.5 Å². The van der Waals surface area contributed by atoms with Gasteiger partial charge >= 0.3 is 0 Å². The van der Waals surface area contributed by atoms with Gasteiger partial charge in [0.2, 0.25) is 0 Å². The van der Waals surface area contributed by atoms with Gasteiger partial charge in [-0.3, -0.25) is 4.68 Å². The smallest absolute Gasteiger partial charge is 0.148 e. The minimum atomic E-state index is 0.778. The monoisotopic (exact) mass is 240 g/mol. The van der Waals surface area contributed by atoms with E-state index in [1.807, 2.05) is 30.9 Å². The summed E-state index contributed by atoms with van der Waals surface area (Å²) in [6.45, 7) is 2.82. The second kappa shape index (κ2) is 4.22. The number of rotatable bonds is 3. The number of anilines is 1. The number of para-hydroxylation sites is 1. The van der Waals surface area contributed by atoms with Crippen LogP contribution >= 0.6 is 0 Å². The lowest BCUT2D eigenvalue weighted by Gasteiger charge is -2.01. The number of aryl methyl sites for hydroxylation is 2. The molecule has 3 aromatic rings. The Morgan fingerprint density at radius 3 is 2.94 bits per heavy atom. The maximum Gasteiger partial charge on any atom is 0.148 e. The van der Waals surface area contributed by atoms with Gasteiger partial charge in [0, 0.05) is 42.5 Å². The summed E-state index contributed by atoms with van der Waals surface area (Å²) in [5, 5.41) is 9.00. The van der Waals surface area contributed by atoms with Gasteiger partial charge in [-0.2, -0.15) is 5.10 Å². The molecule has 0 radical (unpaired) electrons. The summed E-state index contributed by atoms with van der Waals surface area (Å²) in [7, 11) is 1.95. The number of aromatic amines is 1. The lowest BCUT2D eigenvalue weighted by atomic mass is 10.2. The van der Waals surface area contributed by atoms with E-state index in [1.54, 1.807) is 0 Å². The normalized spacial score (nSPS) is 11.0. The first-order valence-electron chi connectivity index (χ1n) is 6.03. The molecule has 0 amide bonds. The van der Waals surface area contributed by atoms with E-state index < -0.39 is 0 Å². The van der Waals surface area contributed by atoms with Crippen LogP contribution in [0.5, 0.6) is 0 Å². The molecule has 4 nitrogen and oxygen atoms in total. The summed E-state index contributed by atoms with van der Waals surface area (Å²) in [4.78, 5) is 3.28. The van der Waals surface area contributed by atoms with Crippen molar-refractivity contribution in [3.63, 3.8) is 0 Å². The van der Waals surface area contributed by atoms with Gasteiger partial charge in [0.25, 0.3) is 0 Å². The fourth-order valence-corrected chi connectivity index (χ4v) is 2.11. The third kappa shape index (κ3) is 1.86. The van der Waals surface area contributed by atoms with Crippen molar-refractivity contribution < 1.29 is 0 Å². The van der Waals surface area contributed by atoms with Crippen LogP contribution in [0.15, 0.2) is 36.5 Å². The van der Waals surface area contributed by atoms with Crippen molar-refractivity contribution in [3.05, 3.63) is 47.8 Å². The third-order valence-corrected chi connectivity index (χ3v) is 3.25. The van der Waals surface area contributed by atoms with Crippen LogP contribution in [0, 0.1) is 6.92 Å². The number of aromatic nitrogens is 3. The van der Waals surface area contributed by atoms with Gasteiger partial charge in [0.05, 0.1) is 0 Å². The molecule has 2 aromatic heterocycles. The predicted molar refractivity (Wildman–Crippen MR) is 73.6 cm³/mol. The first-order valence-corrected chi connectivity index (χ1v) is 6.03. The van der Waals surface area contributed by atoms with Crippen molar-refractivity contribution in [1.29, 1.82) is 0 Å². The molecular formula is C14H16N4. The van der Waals surface area contributed by atoms with Crippen molar-refractivity contribution in [2.24, 2.45) is 7.05 Å². The molecule has 0 atom stereocenters. The predicted octanol–water partition coefficient (Wildman–Crippen LogP) is 2.82. The molecule has 2 heterocycles. The second-order valence-corrected chi connectivity index (χ2v) is 4.51. The second-order valence-electron chi connectivity index (χ2n) is 4.51. The zero-order valence-corrected chi connectivity index (χ0v) is 10.6. The Bertz CT molecular complexity index is 658. The molecule has 0 aliphatic heterocycles. The number of hydrogen-bond acceptors (Lipinski definition) is 2. The van der Waals surface area contributed by atoms with E-state index in [4.69, 9.17) is 0 Å². The van der Waals surface area contributed by atoms with Crippen LogP contribution in [0.25, 0.3) is 10.9 Å². The lowest BCUT2D eigenvalue weighted by molar-refractivity contribution is 0.741. The molecule has 0 saturated heterocycles. The largest absolute Gasteiger partial charge is 0.364 e. The Hall–Kier alpha value is -2.23. The van der Waals surface area contributed by atoms with E-state index in [0.717, 1.165) is 18.1 Å². The highest BCUT2D eigenvalue weighted by Gasteiger charge is 2.04. The first kappa shape index (κ1) is 10.9. The molecule has 92 valence electrons. The van der Waals surface area contributed by atoms with Gasteiger partial charge < -0.3 is 10.3 Å². The van der Waals surface area contributed by atoms with Gasteiger partial charge in [-0.25, -0.2) is 0 Å². The fourth-order valence-electron chi connectivity index (χ4n) is 2.11. The molecule has 3 rings (SSSR count). The van der Waals surface area contributed by atoms with E-state index >= 15 is 0 Å². The Morgan fingerprint density at radius 2 is 2.17 bits per heavy atom. The van der Waals surface area contributed by atoms with Crippen LogP contribution in [0.3, 0.4) is 0 Å². The van der Waals surface area contributed by atoms with E-state index in [0.29, 0.717) is 0 Å². The SMILES string of the molecule is Cc1cc(NCc2c[nH]c3ccccc23)nn1C. The summed E-state index contributed by atoms with van der Waals surface area (Å²) in [6, 6.07) is 10.4. The molecular weight excluding hydrogens is 224 g/mol. The quantitative estimate of drug-likeness (QED) is 0.739. The van der Waals surface area contributed by atoms with Crippen molar-refractivity contribution >= 4 is 16.7 Å². The highest BCUT2D eigenvalue weighted by Crippen LogP contribution is 2.18. The van der Waals surface area contributed by atoms with E-state index in [9.17, 15) is 0 Å². The maximum absolute atomic E-state index is 4.39. The van der Waals surface area contributed by atoms with Gasteiger partial charge in [-0.1, -0.05) is 18.2 Å². The molecule has 18 heavy (non-hydrogen) atoms. The number of nitrogens with one attached hydrogen (secondary N) is 2. The maximum atomic E-state index is 4.39. The van der Waals surface area contributed by atoms with Crippen molar-refractivity contribution in [2.75, 3.05) is 5.32 Å². The van der Waals surface area contributed by atoms with Crippen molar-refractivity contribution in [2.45, 2.75) is 13.5 Å². The van der Waals surface area contributed by atoms with Gasteiger partial charge in [-0.05, 0) is 18.6 Å².